The molecule has 1 aromatic heterocycles. The average molecular weight is 395 g/mol. The van der Waals surface area contributed by atoms with E-state index in [0.717, 1.165) is 5.82 Å². The zero-order valence-corrected chi connectivity index (χ0v) is 17.5. The molecule has 4 aromatic rings. The summed E-state index contributed by atoms with van der Waals surface area (Å²) >= 11 is 0. The van der Waals surface area contributed by atoms with Crippen LogP contribution >= 0.6 is 0 Å². The predicted octanol–water partition coefficient (Wildman–Crippen LogP) is 4.85. The summed E-state index contributed by atoms with van der Waals surface area (Å²) in [6.07, 6.45) is 1.89. The van der Waals surface area contributed by atoms with Gasteiger partial charge in [0, 0.05) is 13.1 Å². The van der Waals surface area contributed by atoms with Gasteiger partial charge in [0.15, 0.2) is 5.78 Å². The van der Waals surface area contributed by atoms with Crippen LogP contribution < -0.4 is 0 Å². The van der Waals surface area contributed by atoms with Gasteiger partial charge in [-0.3, -0.25) is 4.79 Å². The van der Waals surface area contributed by atoms with Crippen LogP contribution in [0.3, 0.4) is 0 Å². The number of imidazole rings is 1. The van der Waals surface area contributed by atoms with Gasteiger partial charge < -0.3 is 4.23 Å². The van der Waals surface area contributed by atoms with E-state index in [9.17, 15) is 4.79 Å². The minimum Gasteiger partial charge on any atom is -0.361 e. The quantitative estimate of drug-likeness (QED) is 0.266. The first-order valence-electron chi connectivity index (χ1n) is 9.63. The van der Waals surface area contributed by atoms with E-state index < -0.39 is 0 Å². The van der Waals surface area contributed by atoms with Crippen molar-refractivity contribution in [1.29, 1.82) is 0 Å². The molecule has 29 heavy (non-hydrogen) atoms. The van der Waals surface area contributed by atoms with Gasteiger partial charge >= 0.3 is 0 Å². The molecule has 142 valence electrons. The molecule has 0 spiro atoms. The Bertz CT molecular complexity index is 1010. The SMILES string of the molecule is CC(=O)c1cn([Si]C(c2ccccc2)(c2ccccc2)c2ccccc2)c(C)n1. The van der Waals surface area contributed by atoms with Crippen LogP contribution in [0.4, 0.5) is 0 Å². The van der Waals surface area contributed by atoms with Crippen LogP contribution in [0.25, 0.3) is 0 Å². The number of aryl methyl sites for hydroxylation is 1. The number of ketones is 1. The first-order valence-corrected chi connectivity index (χ1v) is 10.6. The third-order valence-corrected chi connectivity index (χ3v) is 7.05. The standard InChI is InChI=1S/C25H22N2OSi/c1-19(28)24-18-27(20(2)26-24)29-25(21-12-6-3-7-13-21,22-14-8-4-9-15-22)23-16-10-5-11-17-23/h3-18H,1-2H3. The maximum absolute atomic E-state index is 11.9. The fourth-order valence-corrected chi connectivity index (χ4v) is 5.34. The average Bonchev–Trinajstić information content (AvgIpc) is 3.14. The van der Waals surface area contributed by atoms with Gasteiger partial charge in [-0.2, -0.15) is 0 Å². The van der Waals surface area contributed by atoms with E-state index >= 15 is 0 Å². The molecule has 1 heterocycles. The van der Waals surface area contributed by atoms with Crippen molar-refractivity contribution < 1.29 is 4.79 Å². The van der Waals surface area contributed by atoms with Gasteiger partial charge in [0.2, 0.25) is 9.68 Å². The highest BCUT2D eigenvalue weighted by Gasteiger charge is 2.38. The fourth-order valence-electron chi connectivity index (χ4n) is 3.69. The lowest BCUT2D eigenvalue weighted by atomic mass is 9.84. The highest BCUT2D eigenvalue weighted by Crippen LogP contribution is 2.38. The van der Waals surface area contributed by atoms with Gasteiger partial charge in [0.05, 0.1) is 10.9 Å². The summed E-state index contributed by atoms with van der Waals surface area (Å²) in [4.78, 5) is 16.4. The number of Topliss-reactive ketones (excluding diaryl/α,β-unsaturated/α-hetero) is 1. The van der Waals surface area contributed by atoms with Crippen LogP contribution in [0.2, 0.25) is 0 Å². The molecule has 0 unspecified atom stereocenters. The molecule has 3 aromatic carbocycles. The number of carbonyl (C=O) groups excluding carboxylic acids is 1. The topological polar surface area (TPSA) is 34.9 Å². The molecule has 3 nitrogen and oxygen atoms in total. The molecule has 0 atom stereocenters. The zero-order valence-electron chi connectivity index (χ0n) is 16.5. The van der Waals surface area contributed by atoms with Crippen LogP contribution in [0.15, 0.2) is 97.2 Å². The Morgan fingerprint density at radius 2 is 1.21 bits per heavy atom. The summed E-state index contributed by atoms with van der Waals surface area (Å²) in [6, 6.07) is 31.8. The zero-order chi connectivity index (χ0) is 20.3. The van der Waals surface area contributed by atoms with Crippen LogP contribution in [0.1, 0.15) is 39.9 Å². The predicted molar refractivity (Wildman–Crippen MR) is 117 cm³/mol. The van der Waals surface area contributed by atoms with Gasteiger partial charge in [-0.1, -0.05) is 91.0 Å². The Morgan fingerprint density at radius 3 is 1.55 bits per heavy atom. The summed E-state index contributed by atoms with van der Waals surface area (Å²) < 4.78 is 2.13. The molecule has 2 radical (unpaired) electrons. The van der Waals surface area contributed by atoms with E-state index in [1.54, 1.807) is 6.92 Å². The lowest BCUT2D eigenvalue weighted by Gasteiger charge is -2.35. The lowest BCUT2D eigenvalue weighted by molar-refractivity contribution is 0.101. The molecule has 0 saturated heterocycles. The largest absolute Gasteiger partial charge is 0.361 e. The Morgan fingerprint density at radius 1 is 0.793 bits per heavy atom. The molecular weight excluding hydrogens is 372 g/mol. The summed E-state index contributed by atoms with van der Waals surface area (Å²) in [5, 5.41) is -0.386. The number of aromatic nitrogens is 2. The van der Waals surface area contributed by atoms with Gasteiger partial charge in [-0.05, 0) is 23.6 Å². The molecule has 4 heteroatoms. The number of carbonyl (C=O) groups is 1. The molecular formula is C25H22N2OSi. The minimum atomic E-state index is -0.386. The van der Waals surface area contributed by atoms with Crippen molar-refractivity contribution >= 4 is 15.5 Å². The van der Waals surface area contributed by atoms with Crippen LogP contribution in [-0.2, 0) is 5.04 Å². The van der Waals surface area contributed by atoms with Crippen molar-refractivity contribution in [2.75, 3.05) is 0 Å². The normalized spacial score (nSPS) is 11.4. The minimum absolute atomic E-state index is 0.0126. The molecule has 0 fully saturated rings. The van der Waals surface area contributed by atoms with E-state index in [0.29, 0.717) is 15.4 Å². The van der Waals surface area contributed by atoms with Crippen LogP contribution in [-0.4, -0.2) is 24.7 Å². The smallest absolute Gasteiger partial charge is 0.209 e. The van der Waals surface area contributed by atoms with E-state index in [4.69, 9.17) is 0 Å². The molecule has 0 aliphatic carbocycles. The molecule has 0 bridgehead atoms. The maximum atomic E-state index is 11.9. The molecule has 0 N–H and O–H groups in total. The first kappa shape index (κ1) is 19.1. The summed E-state index contributed by atoms with van der Waals surface area (Å²) in [5.74, 6) is 0.835. The Balaban J connectivity index is 1.99. The van der Waals surface area contributed by atoms with Crippen LogP contribution in [0.5, 0.6) is 0 Å². The molecule has 0 aliphatic heterocycles. The van der Waals surface area contributed by atoms with Crippen molar-refractivity contribution in [3.63, 3.8) is 0 Å². The molecule has 0 amide bonds. The van der Waals surface area contributed by atoms with E-state index in [1.165, 1.54) is 16.7 Å². The van der Waals surface area contributed by atoms with Crippen molar-refractivity contribution in [2.24, 2.45) is 0 Å². The Kier molecular flexibility index (Phi) is 5.27. The van der Waals surface area contributed by atoms with Crippen molar-refractivity contribution in [3.05, 3.63) is 125 Å². The van der Waals surface area contributed by atoms with Gasteiger partial charge in [0.1, 0.15) is 5.69 Å². The lowest BCUT2D eigenvalue weighted by Crippen LogP contribution is -2.40. The number of benzene rings is 3. The molecule has 0 aliphatic rings. The number of hydrogen-bond acceptors (Lipinski definition) is 2. The Hall–Kier alpha value is -3.24. The van der Waals surface area contributed by atoms with Gasteiger partial charge in [-0.15, -0.1) is 0 Å². The van der Waals surface area contributed by atoms with Crippen LogP contribution in [0, 0.1) is 6.92 Å². The van der Waals surface area contributed by atoms with Gasteiger partial charge in [0.25, 0.3) is 0 Å². The second kappa shape index (κ2) is 8.01. The molecule has 0 saturated carbocycles. The van der Waals surface area contributed by atoms with E-state index in [2.05, 4.69) is 82.0 Å². The van der Waals surface area contributed by atoms with E-state index in [-0.39, 0.29) is 10.8 Å². The summed E-state index contributed by atoms with van der Waals surface area (Å²) in [6.45, 7) is 3.53. The van der Waals surface area contributed by atoms with E-state index in [1.807, 2.05) is 31.3 Å². The number of rotatable bonds is 6. The highest BCUT2D eigenvalue weighted by molar-refractivity contribution is 6.41. The Labute approximate surface area is 174 Å². The second-order valence-corrected chi connectivity index (χ2v) is 8.51. The van der Waals surface area contributed by atoms with Crippen molar-refractivity contribution in [2.45, 2.75) is 18.9 Å². The summed E-state index contributed by atoms with van der Waals surface area (Å²) in [5.41, 5.74) is 4.16. The summed E-state index contributed by atoms with van der Waals surface area (Å²) in [7, 11) is 0.313. The monoisotopic (exact) mass is 394 g/mol. The number of hydrogen-bond donors (Lipinski definition) is 0. The molecule has 4 rings (SSSR count). The third kappa shape index (κ3) is 3.59. The highest BCUT2D eigenvalue weighted by atomic mass is 28.2. The van der Waals surface area contributed by atoms with Gasteiger partial charge in [-0.25, -0.2) is 4.98 Å². The second-order valence-electron chi connectivity index (χ2n) is 7.06. The number of nitrogens with zero attached hydrogens (tertiary/aromatic N) is 2. The third-order valence-electron chi connectivity index (χ3n) is 5.15. The van der Waals surface area contributed by atoms with Crippen molar-refractivity contribution in [3.8, 4) is 0 Å². The maximum Gasteiger partial charge on any atom is 0.209 e. The fraction of sp³-hybridized carbons (Fsp3) is 0.120. The van der Waals surface area contributed by atoms with Crippen molar-refractivity contribution in [1.82, 2.24) is 9.22 Å². The first-order chi connectivity index (χ1) is 14.1.